The predicted molar refractivity (Wildman–Crippen MR) is 44.8 cm³/mol. The SMILES string of the molecule is OC1(C(F)F)Cc2ccccc2C1. The zero-order valence-corrected chi connectivity index (χ0v) is 7.00. The molecule has 1 aromatic rings. The molecule has 2 rings (SSSR count). The van der Waals surface area contributed by atoms with Gasteiger partial charge in [0.2, 0.25) is 0 Å². The number of hydrogen-bond acceptors (Lipinski definition) is 1. The van der Waals surface area contributed by atoms with Crippen LogP contribution in [0, 0.1) is 0 Å². The summed E-state index contributed by atoms with van der Waals surface area (Å²) in [5.74, 6) is 0. The molecule has 1 aliphatic carbocycles. The average Bonchev–Trinajstić information content (AvgIpc) is 2.42. The van der Waals surface area contributed by atoms with E-state index in [4.69, 9.17) is 0 Å². The zero-order valence-electron chi connectivity index (χ0n) is 7.00. The maximum Gasteiger partial charge on any atom is 0.267 e. The smallest absolute Gasteiger partial charge is 0.267 e. The van der Waals surface area contributed by atoms with E-state index in [1.54, 1.807) is 24.3 Å². The maximum atomic E-state index is 12.4. The van der Waals surface area contributed by atoms with E-state index in [-0.39, 0.29) is 12.8 Å². The van der Waals surface area contributed by atoms with Gasteiger partial charge in [-0.3, -0.25) is 0 Å². The summed E-state index contributed by atoms with van der Waals surface area (Å²) >= 11 is 0. The van der Waals surface area contributed by atoms with Crippen molar-refractivity contribution >= 4 is 0 Å². The van der Waals surface area contributed by atoms with Crippen LogP contribution in [0.3, 0.4) is 0 Å². The molecule has 0 aromatic heterocycles. The molecule has 0 bridgehead atoms. The minimum atomic E-state index is -2.67. The number of fused-ring (bicyclic) bond motifs is 1. The summed E-state index contributed by atoms with van der Waals surface area (Å²) in [4.78, 5) is 0. The lowest BCUT2D eigenvalue weighted by Crippen LogP contribution is -2.37. The van der Waals surface area contributed by atoms with Crippen LogP contribution in [0.1, 0.15) is 11.1 Å². The summed E-state index contributed by atoms with van der Waals surface area (Å²) in [7, 11) is 0. The number of benzene rings is 1. The lowest BCUT2D eigenvalue weighted by molar-refractivity contribution is -0.0882. The molecule has 0 saturated heterocycles. The second kappa shape index (κ2) is 2.77. The van der Waals surface area contributed by atoms with Crippen molar-refractivity contribution in [3.05, 3.63) is 35.4 Å². The highest BCUT2D eigenvalue weighted by molar-refractivity contribution is 5.35. The Hall–Kier alpha value is -0.960. The van der Waals surface area contributed by atoms with Gasteiger partial charge in [-0.1, -0.05) is 24.3 Å². The van der Waals surface area contributed by atoms with E-state index in [9.17, 15) is 13.9 Å². The summed E-state index contributed by atoms with van der Waals surface area (Å²) in [6, 6.07) is 7.18. The van der Waals surface area contributed by atoms with Crippen molar-refractivity contribution in [3.63, 3.8) is 0 Å². The Labute approximate surface area is 75.0 Å². The fourth-order valence-electron chi connectivity index (χ4n) is 1.78. The van der Waals surface area contributed by atoms with E-state index in [1.807, 2.05) is 0 Å². The predicted octanol–water partition coefficient (Wildman–Crippen LogP) is 1.78. The van der Waals surface area contributed by atoms with Gasteiger partial charge < -0.3 is 5.11 Å². The molecule has 0 spiro atoms. The Morgan fingerprint density at radius 3 is 2.00 bits per heavy atom. The number of rotatable bonds is 1. The second-order valence-electron chi connectivity index (χ2n) is 3.53. The third kappa shape index (κ3) is 1.33. The third-order valence-corrected chi connectivity index (χ3v) is 2.52. The highest BCUT2D eigenvalue weighted by Gasteiger charge is 2.42. The van der Waals surface area contributed by atoms with Crippen molar-refractivity contribution < 1.29 is 13.9 Å². The van der Waals surface area contributed by atoms with Crippen molar-refractivity contribution in [2.45, 2.75) is 24.9 Å². The molecule has 0 unspecified atom stereocenters. The normalized spacial score (nSPS) is 19.1. The molecular weight excluding hydrogens is 174 g/mol. The van der Waals surface area contributed by atoms with Crippen molar-refractivity contribution in [2.75, 3.05) is 0 Å². The topological polar surface area (TPSA) is 20.2 Å². The van der Waals surface area contributed by atoms with Crippen LogP contribution in [0.5, 0.6) is 0 Å². The van der Waals surface area contributed by atoms with Crippen molar-refractivity contribution in [1.82, 2.24) is 0 Å². The zero-order chi connectivity index (χ0) is 9.47. The number of aliphatic hydroxyl groups is 1. The lowest BCUT2D eigenvalue weighted by atomic mass is 10.0. The van der Waals surface area contributed by atoms with Crippen molar-refractivity contribution in [1.29, 1.82) is 0 Å². The molecule has 1 N–H and O–H groups in total. The van der Waals surface area contributed by atoms with Gasteiger partial charge in [-0.25, -0.2) is 8.78 Å². The van der Waals surface area contributed by atoms with E-state index in [0.717, 1.165) is 11.1 Å². The molecule has 1 aromatic carbocycles. The third-order valence-electron chi connectivity index (χ3n) is 2.52. The molecule has 1 aliphatic rings. The fourth-order valence-corrected chi connectivity index (χ4v) is 1.78. The van der Waals surface area contributed by atoms with E-state index in [2.05, 4.69) is 0 Å². The molecule has 0 amide bonds. The van der Waals surface area contributed by atoms with Crippen molar-refractivity contribution in [3.8, 4) is 0 Å². The van der Waals surface area contributed by atoms with Gasteiger partial charge in [0.1, 0.15) is 5.60 Å². The van der Waals surface area contributed by atoms with E-state index < -0.39 is 12.0 Å². The molecule has 0 heterocycles. The van der Waals surface area contributed by atoms with Crippen LogP contribution in [-0.2, 0) is 12.8 Å². The molecule has 0 aliphatic heterocycles. The first-order chi connectivity index (χ1) is 6.12. The molecule has 0 fully saturated rings. The Kier molecular flexibility index (Phi) is 1.84. The highest BCUT2D eigenvalue weighted by Crippen LogP contribution is 2.33. The summed E-state index contributed by atoms with van der Waals surface area (Å²) in [6.45, 7) is 0. The minimum absolute atomic E-state index is 0.0703. The quantitative estimate of drug-likeness (QED) is 0.705. The summed E-state index contributed by atoms with van der Waals surface area (Å²) < 4.78 is 24.9. The molecule has 0 saturated carbocycles. The van der Waals surface area contributed by atoms with E-state index in [1.165, 1.54) is 0 Å². The molecule has 13 heavy (non-hydrogen) atoms. The van der Waals surface area contributed by atoms with Gasteiger partial charge in [0.25, 0.3) is 6.43 Å². The fraction of sp³-hybridized carbons (Fsp3) is 0.400. The Balaban J connectivity index is 2.32. The van der Waals surface area contributed by atoms with Crippen LogP contribution in [0.25, 0.3) is 0 Å². The molecule has 1 nitrogen and oxygen atoms in total. The summed E-state index contributed by atoms with van der Waals surface area (Å²) in [5, 5.41) is 9.54. The molecule has 0 radical (unpaired) electrons. The van der Waals surface area contributed by atoms with Gasteiger partial charge in [-0.05, 0) is 11.1 Å². The van der Waals surface area contributed by atoms with Crippen LogP contribution in [-0.4, -0.2) is 17.1 Å². The van der Waals surface area contributed by atoms with Crippen LogP contribution in [0.4, 0.5) is 8.78 Å². The first kappa shape index (κ1) is 8.63. The Morgan fingerprint density at radius 1 is 1.15 bits per heavy atom. The molecule has 3 heteroatoms. The van der Waals surface area contributed by atoms with E-state index >= 15 is 0 Å². The molecular formula is C10H10F2O. The van der Waals surface area contributed by atoms with Gasteiger partial charge in [-0.2, -0.15) is 0 Å². The number of alkyl halides is 2. The molecule has 0 atom stereocenters. The summed E-state index contributed by atoms with van der Waals surface area (Å²) in [5.41, 5.74) is -0.153. The van der Waals surface area contributed by atoms with Gasteiger partial charge in [0.05, 0.1) is 0 Å². The van der Waals surface area contributed by atoms with E-state index in [0.29, 0.717) is 0 Å². The largest absolute Gasteiger partial charge is 0.383 e. The van der Waals surface area contributed by atoms with Crippen LogP contribution >= 0.6 is 0 Å². The van der Waals surface area contributed by atoms with Crippen LogP contribution in [0.15, 0.2) is 24.3 Å². The first-order valence-electron chi connectivity index (χ1n) is 4.19. The number of hydrogen-bond donors (Lipinski definition) is 1. The lowest BCUT2D eigenvalue weighted by Gasteiger charge is -2.20. The molecule has 70 valence electrons. The Morgan fingerprint density at radius 2 is 1.62 bits per heavy atom. The highest BCUT2D eigenvalue weighted by atomic mass is 19.3. The summed E-state index contributed by atoms with van der Waals surface area (Å²) in [6.07, 6.45) is -2.53. The van der Waals surface area contributed by atoms with Crippen LogP contribution in [0.2, 0.25) is 0 Å². The van der Waals surface area contributed by atoms with Crippen molar-refractivity contribution in [2.24, 2.45) is 0 Å². The van der Waals surface area contributed by atoms with Gasteiger partial charge >= 0.3 is 0 Å². The first-order valence-corrected chi connectivity index (χ1v) is 4.19. The van der Waals surface area contributed by atoms with Gasteiger partial charge in [0, 0.05) is 12.8 Å². The monoisotopic (exact) mass is 184 g/mol. The average molecular weight is 184 g/mol. The second-order valence-corrected chi connectivity index (χ2v) is 3.53. The maximum absolute atomic E-state index is 12.4. The Bertz CT molecular complexity index is 297. The minimum Gasteiger partial charge on any atom is -0.383 e. The van der Waals surface area contributed by atoms with Gasteiger partial charge in [0.15, 0.2) is 0 Å². The van der Waals surface area contributed by atoms with Crippen LogP contribution < -0.4 is 0 Å². The number of halogens is 2. The van der Waals surface area contributed by atoms with Gasteiger partial charge in [-0.15, -0.1) is 0 Å². The standard InChI is InChI=1S/C10H10F2O/c11-9(12)10(13)5-7-3-1-2-4-8(7)6-10/h1-4,9,13H,5-6H2.